The lowest BCUT2D eigenvalue weighted by Gasteiger charge is -2.14. The van der Waals surface area contributed by atoms with E-state index in [0.29, 0.717) is 11.7 Å². The van der Waals surface area contributed by atoms with Crippen LogP contribution in [0, 0.1) is 0 Å². The molecule has 0 aliphatic carbocycles. The molecule has 0 saturated carbocycles. The van der Waals surface area contributed by atoms with Crippen LogP contribution in [0.3, 0.4) is 0 Å². The molecule has 0 spiro atoms. The van der Waals surface area contributed by atoms with Crippen molar-refractivity contribution in [2.75, 3.05) is 13.2 Å². The first-order chi connectivity index (χ1) is 8.08. The summed E-state index contributed by atoms with van der Waals surface area (Å²) in [6, 6.07) is 0. The van der Waals surface area contributed by atoms with Crippen LogP contribution in [0.4, 0.5) is 0 Å². The summed E-state index contributed by atoms with van der Waals surface area (Å²) in [5, 5.41) is 12.3. The Labute approximate surface area is 106 Å². The van der Waals surface area contributed by atoms with Gasteiger partial charge in [0.1, 0.15) is 0 Å². The van der Waals surface area contributed by atoms with Crippen LogP contribution in [0.5, 0.6) is 0 Å². The maximum Gasteiger partial charge on any atom is 0.240 e. The predicted octanol–water partition coefficient (Wildman–Crippen LogP) is -0.568. The van der Waals surface area contributed by atoms with Gasteiger partial charge in [-0.2, -0.15) is 0 Å². The molecule has 0 radical (unpaired) electrons. The Bertz CT molecular complexity index is 268. The van der Waals surface area contributed by atoms with Crippen molar-refractivity contribution in [1.29, 1.82) is 0 Å². The summed E-state index contributed by atoms with van der Waals surface area (Å²) in [7, 11) is 0. The van der Waals surface area contributed by atoms with Gasteiger partial charge in [-0.1, -0.05) is 0 Å². The smallest absolute Gasteiger partial charge is 0.240 e. The zero-order chi connectivity index (χ0) is 12.7. The lowest BCUT2D eigenvalue weighted by atomic mass is 10.2. The van der Waals surface area contributed by atoms with Gasteiger partial charge in [-0.25, -0.2) is 0 Å². The van der Waals surface area contributed by atoms with Gasteiger partial charge in [0.25, 0.3) is 0 Å². The topological polar surface area (TPSA) is 82.6 Å². The zero-order valence-electron chi connectivity index (χ0n) is 9.86. The minimum absolute atomic E-state index is 0.0430. The highest BCUT2D eigenvalue weighted by atomic mass is 32.1. The van der Waals surface area contributed by atoms with Crippen LogP contribution in [0.1, 0.15) is 26.2 Å². The predicted molar refractivity (Wildman–Crippen MR) is 67.2 cm³/mol. The van der Waals surface area contributed by atoms with Gasteiger partial charge in [-0.3, -0.25) is 15.6 Å². The van der Waals surface area contributed by atoms with E-state index in [1.54, 1.807) is 6.92 Å². The molecule has 17 heavy (non-hydrogen) atoms. The number of carbonyl (C=O) groups excluding carboxylic acids is 1. The number of thiocarbonyl (C=S) groups is 1. The average molecular weight is 261 g/mol. The molecule has 0 unspecified atom stereocenters. The third kappa shape index (κ3) is 6.40. The van der Waals surface area contributed by atoms with Gasteiger partial charge in [0.15, 0.2) is 5.11 Å². The van der Waals surface area contributed by atoms with Crippen LogP contribution >= 0.6 is 12.2 Å². The Morgan fingerprint density at radius 3 is 2.94 bits per heavy atom. The van der Waals surface area contributed by atoms with Crippen LogP contribution in [0.15, 0.2) is 0 Å². The fraction of sp³-hybridized carbons (Fsp3) is 0.800. The van der Waals surface area contributed by atoms with E-state index in [0.717, 1.165) is 19.4 Å². The molecule has 6 nitrogen and oxygen atoms in total. The number of hydrazine groups is 1. The van der Waals surface area contributed by atoms with E-state index in [1.807, 2.05) is 0 Å². The highest BCUT2D eigenvalue weighted by molar-refractivity contribution is 7.80. The molecule has 0 aromatic heterocycles. The van der Waals surface area contributed by atoms with E-state index in [2.05, 4.69) is 16.2 Å². The number of nitrogens with one attached hydrogen (secondary N) is 3. The summed E-state index contributed by atoms with van der Waals surface area (Å²) in [5.41, 5.74) is 4.96. The van der Waals surface area contributed by atoms with E-state index >= 15 is 0 Å². The van der Waals surface area contributed by atoms with Crippen molar-refractivity contribution in [3.63, 3.8) is 0 Å². The van der Waals surface area contributed by atoms with Crippen molar-refractivity contribution in [2.45, 2.75) is 38.4 Å². The summed E-state index contributed by atoms with van der Waals surface area (Å²) in [4.78, 5) is 11.2. The van der Waals surface area contributed by atoms with Crippen LogP contribution in [-0.2, 0) is 9.53 Å². The minimum atomic E-state index is -0.662. The molecule has 0 bridgehead atoms. The van der Waals surface area contributed by atoms with Gasteiger partial charge < -0.3 is 15.2 Å². The molecular weight excluding hydrogens is 242 g/mol. The first kappa shape index (κ1) is 14.1. The molecule has 98 valence electrons. The summed E-state index contributed by atoms with van der Waals surface area (Å²) in [6.07, 6.45) is 1.69. The van der Waals surface area contributed by atoms with Crippen molar-refractivity contribution < 1.29 is 14.6 Å². The summed E-state index contributed by atoms with van der Waals surface area (Å²) >= 11 is 4.97. The molecule has 1 amide bonds. The molecule has 7 heteroatoms. The highest BCUT2D eigenvalue weighted by Gasteiger charge is 2.15. The fourth-order valence-electron chi connectivity index (χ4n) is 1.50. The van der Waals surface area contributed by atoms with E-state index in [4.69, 9.17) is 22.1 Å². The van der Waals surface area contributed by atoms with Crippen molar-refractivity contribution >= 4 is 23.2 Å². The fourth-order valence-corrected chi connectivity index (χ4v) is 1.64. The van der Waals surface area contributed by atoms with E-state index in [9.17, 15) is 4.79 Å². The Morgan fingerprint density at radius 2 is 2.35 bits per heavy atom. The number of amides is 1. The van der Waals surface area contributed by atoms with E-state index in [1.165, 1.54) is 0 Å². The first-order valence-electron chi connectivity index (χ1n) is 5.70. The van der Waals surface area contributed by atoms with E-state index in [-0.39, 0.29) is 18.4 Å². The molecule has 1 aliphatic heterocycles. The second kappa shape index (κ2) is 7.41. The summed E-state index contributed by atoms with van der Waals surface area (Å²) in [5.74, 6) is -0.304. The van der Waals surface area contributed by atoms with Crippen LogP contribution in [0.2, 0.25) is 0 Å². The molecule has 1 aliphatic rings. The number of carbonyl (C=O) groups is 1. The quantitative estimate of drug-likeness (QED) is 0.401. The van der Waals surface area contributed by atoms with Gasteiger partial charge >= 0.3 is 0 Å². The van der Waals surface area contributed by atoms with Gasteiger partial charge in [-0.05, 0) is 32.0 Å². The molecular formula is C10H19N3O3S. The third-order valence-electron chi connectivity index (χ3n) is 2.31. The van der Waals surface area contributed by atoms with Crippen LogP contribution < -0.4 is 16.2 Å². The number of ether oxygens (including phenoxy) is 1. The number of aliphatic hydroxyl groups is 1. The lowest BCUT2D eigenvalue weighted by Crippen LogP contribution is -2.48. The molecule has 1 rings (SSSR count). The largest absolute Gasteiger partial charge is 0.393 e. The highest BCUT2D eigenvalue weighted by Crippen LogP contribution is 2.10. The Balaban J connectivity index is 2.06. The van der Waals surface area contributed by atoms with E-state index < -0.39 is 6.10 Å². The normalized spacial score (nSPS) is 20.7. The minimum Gasteiger partial charge on any atom is -0.393 e. The number of rotatable bonds is 4. The lowest BCUT2D eigenvalue weighted by molar-refractivity contribution is -0.123. The van der Waals surface area contributed by atoms with Gasteiger partial charge in [-0.15, -0.1) is 0 Å². The second-order valence-electron chi connectivity index (χ2n) is 4.07. The Morgan fingerprint density at radius 1 is 1.59 bits per heavy atom. The van der Waals surface area contributed by atoms with Gasteiger partial charge in [0.05, 0.1) is 18.6 Å². The molecule has 1 fully saturated rings. The van der Waals surface area contributed by atoms with Gasteiger partial charge in [0.2, 0.25) is 5.91 Å². The third-order valence-corrected chi connectivity index (χ3v) is 2.56. The second-order valence-corrected chi connectivity index (χ2v) is 4.48. The zero-order valence-corrected chi connectivity index (χ0v) is 10.7. The van der Waals surface area contributed by atoms with Gasteiger partial charge in [0, 0.05) is 13.2 Å². The summed E-state index contributed by atoms with van der Waals surface area (Å²) in [6.45, 7) is 2.99. The molecule has 4 N–H and O–H groups in total. The van der Waals surface area contributed by atoms with Crippen molar-refractivity contribution in [3.05, 3.63) is 0 Å². The average Bonchev–Trinajstić information content (AvgIpc) is 2.75. The van der Waals surface area contributed by atoms with Crippen LogP contribution in [0.25, 0.3) is 0 Å². The number of hydrogen-bond donors (Lipinski definition) is 4. The SMILES string of the molecule is C[C@H](O)CC(=O)NNC(=S)NC[C@@H]1CCCO1. The molecule has 2 atom stereocenters. The molecule has 1 heterocycles. The van der Waals surface area contributed by atoms with Crippen LogP contribution in [-0.4, -0.2) is 41.5 Å². The molecule has 0 aromatic rings. The maximum atomic E-state index is 11.2. The maximum absolute atomic E-state index is 11.2. The standard InChI is InChI=1S/C10H19N3O3S/c1-7(14)5-9(15)12-13-10(17)11-6-8-3-2-4-16-8/h7-8,14H,2-6H2,1H3,(H,12,15)(H2,11,13,17)/t7-,8-/m0/s1. The molecule has 1 saturated heterocycles. The first-order valence-corrected chi connectivity index (χ1v) is 6.11. The molecule has 0 aromatic carbocycles. The Hall–Kier alpha value is -0.920. The van der Waals surface area contributed by atoms with Crippen molar-refractivity contribution in [1.82, 2.24) is 16.2 Å². The van der Waals surface area contributed by atoms with Crippen molar-refractivity contribution in [3.8, 4) is 0 Å². The Kier molecular flexibility index (Phi) is 6.17. The van der Waals surface area contributed by atoms with Crippen molar-refractivity contribution in [2.24, 2.45) is 0 Å². The number of aliphatic hydroxyl groups excluding tert-OH is 1. The monoisotopic (exact) mass is 261 g/mol. The summed E-state index contributed by atoms with van der Waals surface area (Å²) < 4.78 is 5.41. The number of hydrogen-bond acceptors (Lipinski definition) is 4.